The number of pyridine rings is 1. The third-order valence-corrected chi connectivity index (χ3v) is 9.99. The third-order valence-electron chi connectivity index (χ3n) is 9.99. The van der Waals surface area contributed by atoms with Crippen LogP contribution in [0.4, 0.5) is 0 Å². The van der Waals surface area contributed by atoms with E-state index in [0.717, 1.165) is 48.9 Å². The molecular weight excluding hydrogens is 370 g/mol. The van der Waals surface area contributed by atoms with Crippen molar-refractivity contribution in [1.29, 1.82) is 0 Å². The Morgan fingerprint density at radius 3 is 2.83 bits per heavy atom. The van der Waals surface area contributed by atoms with Gasteiger partial charge in [0.25, 0.3) is 0 Å². The molecule has 1 aromatic rings. The largest absolute Gasteiger partial charge is 0.492 e. The first kappa shape index (κ1) is 20.5. The summed E-state index contributed by atoms with van der Waals surface area (Å²) >= 11 is 0. The quantitative estimate of drug-likeness (QED) is 0.617. The van der Waals surface area contributed by atoms with Crippen LogP contribution in [-0.4, -0.2) is 22.8 Å². The molecule has 0 aliphatic heterocycles. The molecule has 0 aromatic carbocycles. The predicted octanol–water partition coefficient (Wildman–Crippen LogP) is 6.04. The molecule has 1 heterocycles. The average molecular weight is 410 g/mol. The van der Waals surface area contributed by atoms with Crippen molar-refractivity contribution in [3.05, 3.63) is 36.2 Å². The molecule has 3 heteroatoms. The Kier molecular flexibility index (Phi) is 5.24. The lowest BCUT2D eigenvalue weighted by molar-refractivity contribution is -0.0591. The number of fused-ring (bicyclic) bond motifs is 5. The van der Waals surface area contributed by atoms with Gasteiger partial charge in [0, 0.05) is 6.20 Å². The van der Waals surface area contributed by atoms with Crippen molar-refractivity contribution >= 4 is 0 Å². The van der Waals surface area contributed by atoms with E-state index in [0.29, 0.717) is 16.7 Å². The van der Waals surface area contributed by atoms with Gasteiger partial charge in [0.1, 0.15) is 5.75 Å². The lowest BCUT2D eigenvalue weighted by atomic mass is 9.47. The first-order chi connectivity index (χ1) is 14.4. The second kappa shape index (κ2) is 7.65. The van der Waals surface area contributed by atoms with E-state index >= 15 is 0 Å². The molecule has 30 heavy (non-hydrogen) atoms. The fraction of sp³-hybridized carbons (Fsp3) is 0.741. The molecule has 1 N–H and O–H groups in total. The summed E-state index contributed by atoms with van der Waals surface area (Å²) in [6, 6.07) is 3.96. The van der Waals surface area contributed by atoms with Gasteiger partial charge in [-0.25, -0.2) is 0 Å². The van der Waals surface area contributed by atoms with Gasteiger partial charge in [-0.1, -0.05) is 32.4 Å². The van der Waals surface area contributed by atoms with Crippen LogP contribution in [0, 0.1) is 40.4 Å². The van der Waals surface area contributed by atoms with Gasteiger partial charge in [0.15, 0.2) is 0 Å². The molecule has 8 atom stereocenters. The maximum Gasteiger partial charge on any atom is 0.137 e. The SMILES string of the molecule is CC(COc1cccnc1)[C@H]1CC[C@H]2[C@@H]3CC=C4C[C@@H](O)CC[C@]4(C)[C@H]3CC[C@]12C. The zero-order valence-electron chi connectivity index (χ0n) is 19.0. The summed E-state index contributed by atoms with van der Waals surface area (Å²) in [4.78, 5) is 4.18. The highest BCUT2D eigenvalue weighted by molar-refractivity contribution is 5.25. The van der Waals surface area contributed by atoms with Crippen LogP contribution in [0.3, 0.4) is 0 Å². The number of aromatic nitrogens is 1. The van der Waals surface area contributed by atoms with Crippen LogP contribution in [0.15, 0.2) is 36.2 Å². The summed E-state index contributed by atoms with van der Waals surface area (Å²) in [6.45, 7) is 8.34. The monoisotopic (exact) mass is 409 g/mol. The van der Waals surface area contributed by atoms with Gasteiger partial charge in [-0.15, -0.1) is 0 Å². The number of aliphatic hydroxyl groups excluding tert-OH is 1. The molecule has 3 fully saturated rings. The van der Waals surface area contributed by atoms with Crippen LogP contribution in [0.25, 0.3) is 0 Å². The van der Waals surface area contributed by atoms with E-state index < -0.39 is 0 Å². The first-order valence-corrected chi connectivity index (χ1v) is 12.3. The molecule has 0 saturated heterocycles. The molecule has 3 nitrogen and oxygen atoms in total. The lowest BCUT2D eigenvalue weighted by Crippen LogP contribution is -2.51. The van der Waals surface area contributed by atoms with Crippen molar-refractivity contribution < 1.29 is 9.84 Å². The zero-order valence-corrected chi connectivity index (χ0v) is 19.0. The van der Waals surface area contributed by atoms with Gasteiger partial charge >= 0.3 is 0 Å². The van der Waals surface area contributed by atoms with Gasteiger partial charge in [-0.05, 0) is 104 Å². The Morgan fingerprint density at radius 1 is 1.17 bits per heavy atom. The summed E-state index contributed by atoms with van der Waals surface area (Å²) in [7, 11) is 0. The minimum absolute atomic E-state index is 0.105. The van der Waals surface area contributed by atoms with E-state index in [1.807, 2.05) is 18.3 Å². The summed E-state index contributed by atoms with van der Waals surface area (Å²) in [5.41, 5.74) is 2.38. The lowest BCUT2D eigenvalue weighted by Gasteiger charge is -2.58. The van der Waals surface area contributed by atoms with E-state index in [-0.39, 0.29) is 6.10 Å². The Balaban J connectivity index is 1.31. The van der Waals surface area contributed by atoms with E-state index in [4.69, 9.17) is 4.74 Å². The van der Waals surface area contributed by atoms with Gasteiger partial charge in [0.2, 0.25) is 0 Å². The van der Waals surface area contributed by atoms with Crippen LogP contribution in [-0.2, 0) is 0 Å². The first-order valence-electron chi connectivity index (χ1n) is 12.3. The predicted molar refractivity (Wildman–Crippen MR) is 120 cm³/mol. The van der Waals surface area contributed by atoms with Crippen molar-refractivity contribution in [2.45, 2.75) is 78.2 Å². The Morgan fingerprint density at radius 2 is 2.03 bits per heavy atom. The molecule has 4 aliphatic rings. The Hall–Kier alpha value is -1.35. The van der Waals surface area contributed by atoms with Crippen LogP contribution in [0.5, 0.6) is 5.75 Å². The highest BCUT2D eigenvalue weighted by Crippen LogP contribution is 2.67. The van der Waals surface area contributed by atoms with Gasteiger partial charge in [-0.3, -0.25) is 4.98 Å². The number of hydrogen-bond donors (Lipinski definition) is 1. The Bertz CT molecular complexity index is 791. The fourth-order valence-electron chi connectivity index (χ4n) is 8.39. The maximum atomic E-state index is 10.2. The second-order valence-electron chi connectivity index (χ2n) is 11.4. The molecule has 0 radical (unpaired) electrons. The molecule has 1 aromatic heterocycles. The molecule has 164 valence electrons. The molecule has 0 spiro atoms. The van der Waals surface area contributed by atoms with Crippen LogP contribution < -0.4 is 4.74 Å². The molecule has 0 amide bonds. The number of rotatable bonds is 4. The van der Waals surface area contributed by atoms with Gasteiger partial charge < -0.3 is 9.84 Å². The van der Waals surface area contributed by atoms with E-state index in [1.54, 1.807) is 11.8 Å². The third kappa shape index (κ3) is 3.23. The number of hydrogen-bond acceptors (Lipinski definition) is 3. The number of nitrogens with zero attached hydrogens (tertiary/aromatic N) is 1. The summed E-state index contributed by atoms with van der Waals surface area (Å²) in [6.07, 6.45) is 15.9. The summed E-state index contributed by atoms with van der Waals surface area (Å²) in [5.74, 6) is 4.74. The summed E-state index contributed by atoms with van der Waals surface area (Å²) in [5, 5.41) is 10.2. The molecular formula is C27H39NO2. The van der Waals surface area contributed by atoms with E-state index in [2.05, 4.69) is 31.8 Å². The Labute approximate surface area is 182 Å². The maximum absolute atomic E-state index is 10.2. The van der Waals surface area contributed by atoms with Crippen molar-refractivity contribution in [2.24, 2.45) is 40.4 Å². The van der Waals surface area contributed by atoms with Crippen molar-refractivity contribution in [1.82, 2.24) is 4.98 Å². The van der Waals surface area contributed by atoms with Crippen molar-refractivity contribution in [3.8, 4) is 5.75 Å². The average Bonchev–Trinajstić information content (AvgIpc) is 3.10. The fourth-order valence-corrected chi connectivity index (χ4v) is 8.39. The highest BCUT2D eigenvalue weighted by atomic mass is 16.5. The van der Waals surface area contributed by atoms with Crippen molar-refractivity contribution in [2.75, 3.05) is 6.61 Å². The minimum Gasteiger partial charge on any atom is -0.492 e. The normalized spacial score (nSPS) is 43.7. The summed E-state index contributed by atoms with van der Waals surface area (Å²) < 4.78 is 6.11. The zero-order chi connectivity index (χ0) is 20.9. The van der Waals surface area contributed by atoms with Gasteiger partial charge in [-0.2, -0.15) is 0 Å². The highest BCUT2D eigenvalue weighted by Gasteiger charge is 2.59. The van der Waals surface area contributed by atoms with Gasteiger partial charge in [0.05, 0.1) is 18.9 Å². The molecule has 0 bridgehead atoms. The molecule has 4 aliphatic carbocycles. The molecule has 3 saturated carbocycles. The van der Waals surface area contributed by atoms with E-state index in [9.17, 15) is 5.11 Å². The number of aliphatic hydroxyl groups is 1. The van der Waals surface area contributed by atoms with Crippen LogP contribution in [0.1, 0.15) is 72.1 Å². The molecule has 1 unspecified atom stereocenters. The second-order valence-corrected chi connectivity index (χ2v) is 11.4. The number of allylic oxidation sites excluding steroid dienone is 1. The molecule has 5 rings (SSSR count). The standard InChI is InChI=1S/C27H39NO2/c1-18(17-30-21-5-4-14-28-16-21)23-8-9-24-22-7-6-19-15-20(29)10-12-26(19,2)25(22)11-13-27(23,24)3/h4-6,14,16,18,20,22-25,29H,7-13,15,17H2,1-3H3/t18?,20-,22-,23+,24-,25-,26-,27+/m0/s1. The topological polar surface area (TPSA) is 42.4 Å². The number of ether oxygens (including phenoxy) is 1. The smallest absolute Gasteiger partial charge is 0.137 e. The minimum atomic E-state index is -0.105. The van der Waals surface area contributed by atoms with E-state index in [1.165, 1.54) is 38.5 Å². The van der Waals surface area contributed by atoms with Crippen LogP contribution in [0.2, 0.25) is 0 Å². The van der Waals surface area contributed by atoms with Crippen LogP contribution >= 0.6 is 0 Å². The van der Waals surface area contributed by atoms with Crippen molar-refractivity contribution in [3.63, 3.8) is 0 Å².